The van der Waals surface area contributed by atoms with Gasteiger partial charge in [0.25, 0.3) is 0 Å². The molecule has 1 aromatic carbocycles. The van der Waals surface area contributed by atoms with E-state index in [1.54, 1.807) is 13.1 Å². The van der Waals surface area contributed by atoms with E-state index in [4.69, 9.17) is 9.47 Å². The van der Waals surface area contributed by atoms with Crippen LogP contribution >= 0.6 is 0 Å². The Labute approximate surface area is 94.0 Å². The van der Waals surface area contributed by atoms with Gasteiger partial charge in [-0.2, -0.15) is 0 Å². The highest BCUT2D eigenvalue weighted by molar-refractivity contribution is 5.45. The van der Waals surface area contributed by atoms with Crippen LogP contribution in [0.2, 0.25) is 0 Å². The molecule has 0 radical (unpaired) electrons. The number of benzene rings is 1. The summed E-state index contributed by atoms with van der Waals surface area (Å²) >= 11 is 0. The predicted octanol–water partition coefficient (Wildman–Crippen LogP) is 1.10. The number of hydrogen-bond acceptors (Lipinski definition) is 4. The van der Waals surface area contributed by atoms with Crippen molar-refractivity contribution in [1.29, 1.82) is 0 Å². The molecule has 0 aliphatic heterocycles. The molecule has 0 amide bonds. The van der Waals surface area contributed by atoms with Gasteiger partial charge in [-0.3, -0.25) is 0 Å². The van der Waals surface area contributed by atoms with Crippen molar-refractivity contribution in [1.82, 2.24) is 5.32 Å². The molecule has 0 aliphatic rings. The third-order valence-corrected chi connectivity index (χ3v) is 2.27. The summed E-state index contributed by atoms with van der Waals surface area (Å²) in [5, 5.41) is 12.5. The molecule has 5 heteroatoms. The average Bonchev–Trinajstić information content (AvgIpc) is 2.28. The van der Waals surface area contributed by atoms with E-state index in [1.807, 2.05) is 0 Å². The molecule has 2 N–H and O–H groups in total. The summed E-state index contributed by atoms with van der Waals surface area (Å²) in [4.78, 5) is 0. The Morgan fingerprint density at radius 1 is 1.38 bits per heavy atom. The number of likely N-dealkylation sites (N-methyl/N-ethyl adjacent to an activating group) is 1. The van der Waals surface area contributed by atoms with E-state index in [0.717, 1.165) is 0 Å². The Bertz CT molecular complexity index is 357. The number of aliphatic hydroxyl groups excluding tert-OH is 1. The van der Waals surface area contributed by atoms with Crippen LogP contribution in [0.1, 0.15) is 11.7 Å². The lowest BCUT2D eigenvalue weighted by atomic mass is 10.1. The lowest BCUT2D eigenvalue weighted by Gasteiger charge is -2.15. The summed E-state index contributed by atoms with van der Waals surface area (Å²) in [5.41, 5.74) is 0.187. The Morgan fingerprint density at radius 3 is 2.56 bits per heavy atom. The number of methoxy groups -OCH3 is 2. The van der Waals surface area contributed by atoms with E-state index < -0.39 is 11.9 Å². The van der Waals surface area contributed by atoms with E-state index in [2.05, 4.69) is 5.32 Å². The molecule has 90 valence electrons. The van der Waals surface area contributed by atoms with Crippen molar-refractivity contribution in [3.63, 3.8) is 0 Å². The molecule has 16 heavy (non-hydrogen) atoms. The standard InChI is InChI=1S/C11H16FNO3/c1-13-6-8(14)7-4-5-9(15-2)11(16-3)10(7)12/h4-5,8,13-14H,6H2,1-3H3. The summed E-state index contributed by atoms with van der Waals surface area (Å²) < 4.78 is 23.8. The normalized spacial score (nSPS) is 12.3. The minimum atomic E-state index is -0.912. The molecule has 1 unspecified atom stereocenters. The quantitative estimate of drug-likeness (QED) is 0.793. The Morgan fingerprint density at radius 2 is 2.06 bits per heavy atom. The zero-order valence-corrected chi connectivity index (χ0v) is 9.58. The van der Waals surface area contributed by atoms with Crippen molar-refractivity contribution >= 4 is 0 Å². The van der Waals surface area contributed by atoms with E-state index in [9.17, 15) is 9.50 Å². The van der Waals surface area contributed by atoms with Gasteiger partial charge in [-0.1, -0.05) is 0 Å². The first-order valence-corrected chi connectivity index (χ1v) is 4.88. The highest BCUT2D eigenvalue weighted by atomic mass is 19.1. The van der Waals surface area contributed by atoms with Gasteiger partial charge in [-0.15, -0.1) is 0 Å². The van der Waals surface area contributed by atoms with Gasteiger partial charge >= 0.3 is 0 Å². The van der Waals surface area contributed by atoms with Crippen molar-refractivity contribution < 1.29 is 19.0 Å². The van der Waals surface area contributed by atoms with Gasteiger partial charge in [0.05, 0.1) is 20.3 Å². The van der Waals surface area contributed by atoms with E-state index >= 15 is 0 Å². The van der Waals surface area contributed by atoms with Crippen LogP contribution in [0.25, 0.3) is 0 Å². The zero-order valence-electron chi connectivity index (χ0n) is 9.58. The summed E-state index contributed by atoms with van der Waals surface area (Å²) in [6.45, 7) is 0.270. The van der Waals surface area contributed by atoms with Crippen molar-refractivity contribution in [3.8, 4) is 11.5 Å². The fourth-order valence-corrected chi connectivity index (χ4v) is 1.47. The second-order valence-corrected chi connectivity index (χ2v) is 3.28. The fourth-order valence-electron chi connectivity index (χ4n) is 1.47. The first kappa shape index (κ1) is 12.7. The SMILES string of the molecule is CNCC(O)c1ccc(OC)c(OC)c1F. The molecule has 0 heterocycles. The van der Waals surface area contributed by atoms with Crippen molar-refractivity contribution in [3.05, 3.63) is 23.5 Å². The minimum Gasteiger partial charge on any atom is -0.493 e. The fraction of sp³-hybridized carbons (Fsp3) is 0.455. The molecule has 0 aromatic heterocycles. The van der Waals surface area contributed by atoms with Crippen LogP contribution in [-0.4, -0.2) is 32.9 Å². The van der Waals surface area contributed by atoms with E-state index in [0.29, 0.717) is 5.75 Å². The summed E-state index contributed by atoms with van der Waals surface area (Å²) in [6.07, 6.45) is -0.912. The molecule has 1 aromatic rings. The zero-order chi connectivity index (χ0) is 12.1. The lowest BCUT2D eigenvalue weighted by Crippen LogP contribution is -2.18. The maximum Gasteiger partial charge on any atom is 0.197 e. The average molecular weight is 229 g/mol. The summed E-state index contributed by atoms with van der Waals surface area (Å²) in [6, 6.07) is 3.05. The van der Waals surface area contributed by atoms with Crippen molar-refractivity contribution in [2.75, 3.05) is 27.8 Å². The van der Waals surface area contributed by atoms with Gasteiger partial charge in [0.15, 0.2) is 17.3 Å². The molecule has 4 nitrogen and oxygen atoms in total. The Balaban J connectivity index is 3.13. The van der Waals surface area contributed by atoms with Gasteiger partial charge in [0.2, 0.25) is 0 Å². The topological polar surface area (TPSA) is 50.7 Å². The maximum absolute atomic E-state index is 13.9. The molecule has 1 atom stereocenters. The highest BCUT2D eigenvalue weighted by Gasteiger charge is 2.19. The molecule has 0 saturated heterocycles. The number of halogens is 1. The molecule has 0 saturated carbocycles. The third kappa shape index (κ3) is 2.43. The van der Waals surface area contributed by atoms with Crippen LogP contribution in [0.3, 0.4) is 0 Å². The molecular formula is C11H16FNO3. The molecule has 0 bridgehead atoms. The largest absolute Gasteiger partial charge is 0.493 e. The first-order chi connectivity index (χ1) is 7.65. The lowest BCUT2D eigenvalue weighted by molar-refractivity contribution is 0.171. The summed E-state index contributed by atoms with van der Waals surface area (Å²) in [7, 11) is 4.47. The smallest absolute Gasteiger partial charge is 0.197 e. The van der Waals surface area contributed by atoms with Crippen LogP contribution in [0.15, 0.2) is 12.1 Å². The second kappa shape index (κ2) is 5.67. The van der Waals surface area contributed by atoms with Crippen LogP contribution < -0.4 is 14.8 Å². The van der Waals surface area contributed by atoms with Gasteiger partial charge in [-0.25, -0.2) is 4.39 Å². The maximum atomic E-state index is 13.9. The molecule has 0 spiro atoms. The summed E-state index contributed by atoms with van der Waals surface area (Å²) in [5.74, 6) is -0.278. The van der Waals surface area contributed by atoms with E-state index in [-0.39, 0.29) is 17.9 Å². The number of aliphatic hydroxyl groups is 1. The van der Waals surface area contributed by atoms with Crippen LogP contribution in [-0.2, 0) is 0 Å². The van der Waals surface area contributed by atoms with Gasteiger partial charge < -0.3 is 19.9 Å². The number of nitrogens with one attached hydrogen (secondary N) is 1. The predicted molar refractivity (Wildman–Crippen MR) is 58.4 cm³/mol. The Hall–Kier alpha value is -1.33. The van der Waals surface area contributed by atoms with Gasteiger partial charge in [0.1, 0.15) is 0 Å². The van der Waals surface area contributed by atoms with Crippen LogP contribution in [0.5, 0.6) is 11.5 Å². The van der Waals surface area contributed by atoms with Crippen LogP contribution in [0.4, 0.5) is 4.39 Å². The monoisotopic (exact) mass is 229 g/mol. The molecule has 0 aliphatic carbocycles. The number of rotatable bonds is 5. The van der Waals surface area contributed by atoms with E-state index in [1.165, 1.54) is 20.3 Å². The molecule has 1 rings (SSSR count). The second-order valence-electron chi connectivity index (χ2n) is 3.28. The van der Waals surface area contributed by atoms with Gasteiger partial charge in [0, 0.05) is 12.1 Å². The van der Waals surface area contributed by atoms with Crippen molar-refractivity contribution in [2.24, 2.45) is 0 Å². The van der Waals surface area contributed by atoms with Crippen LogP contribution in [0, 0.1) is 5.82 Å². The highest BCUT2D eigenvalue weighted by Crippen LogP contribution is 2.34. The first-order valence-electron chi connectivity index (χ1n) is 4.88. The number of hydrogen-bond donors (Lipinski definition) is 2. The molecule has 0 fully saturated rings. The third-order valence-electron chi connectivity index (χ3n) is 2.27. The van der Waals surface area contributed by atoms with Crippen molar-refractivity contribution in [2.45, 2.75) is 6.10 Å². The van der Waals surface area contributed by atoms with Gasteiger partial charge in [-0.05, 0) is 19.2 Å². The minimum absolute atomic E-state index is 0.00940. The molecular weight excluding hydrogens is 213 g/mol. The number of ether oxygens (including phenoxy) is 2. The Kier molecular flexibility index (Phi) is 4.52.